The molecule has 1 unspecified atom stereocenters. The Morgan fingerprint density at radius 2 is 1.75 bits per heavy atom. The van der Waals surface area contributed by atoms with Crippen molar-refractivity contribution in [3.8, 4) is 0 Å². The SMILES string of the molecule is NC(=O)C(OC(=O)CCCSc1ccc(Cl)cc1)c1ccccc1. The predicted molar refractivity (Wildman–Crippen MR) is 95.9 cm³/mol. The zero-order chi connectivity index (χ0) is 17.4. The van der Waals surface area contributed by atoms with Gasteiger partial charge in [-0.25, -0.2) is 0 Å². The molecule has 0 aliphatic rings. The number of primary amides is 1. The zero-order valence-electron chi connectivity index (χ0n) is 13.0. The van der Waals surface area contributed by atoms with Crippen LogP contribution in [-0.4, -0.2) is 17.6 Å². The highest BCUT2D eigenvalue weighted by Gasteiger charge is 2.21. The summed E-state index contributed by atoms with van der Waals surface area (Å²) in [5.41, 5.74) is 5.91. The van der Waals surface area contributed by atoms with Gasteiger partial charge >= 0.3 is 5.97 Å². The minimum absolute atomic E-state index is 0.233. The van der Waals surface area contributed by atoms with E-state index in [2.05, 4.69) is 0 Å². The summed E-state index contributed by atoms with van der Waals surface area (Å²) in [6.45, 7) is 0. The monoisotopic (exact) mass is 363 g/mol. The van der Waals surface area contributed by atoms with E-state index in [1.807, 2.05) is 30.3 Å². The van der Waals surface area contributed by atoms with Gasteiger partial charge in [0.15, 0.2) is 0 Å². The van der Waals surface area contributed by atoms with Gasteiger partial charge in [-0.05, 0) is 36.4 Å². The minimum Gasteiger partial charge on any atom is -0.447 e. The van der Waals surface area contributed by atoms with Gasteiger partial charge < -0.3 is 10.5 Å². The third kappa shape index (κ3) is 5.91. The molecule has 4 nitrogen and oxygen atoms in total. The maximum Gasteiger partial charge on any atom is 0.306 e. The van der Waals surface area contributed by atoms with E-state index >= 15 is 0 Å². The van der Waals surface area contributed by atoms with Gasteiger partial charge in [-0.15, -0.1) is 11.8 Å². The largest absolute Gasteiger partial charge is 0.447 e. The summed E-state index contributed by atoms with van der Waals surface area (Å²) in [5, 5.41) is 0.696. The van der Waals surface area contributed by atoms with E-state index in [0.29, 0.717) is 17.0 Å². The van der Waals surface area contributed by atoms with E-state index in [4.69, 9.17) is 22.1 Å². The van der Waals surface area contributed by atoms with E-state index in [0.717, 1.165) is 10.6 Å². The van der Waals surface area contributed by atoms with Crippen molar-refractivity contribution in [3.63, 3.8) is 0 Å². The Morgan fingerprint density at radius 3 is 2.38 bits per heavy atom. The zero-order valence-corrected chi connectivity index (χ0v) is 14.6. The quantitative estimate of drug-likeness (QED) is 0.437. The average Bonchev–Trinajstić information content (AvgIpc) is 2.58. The summed E-state index contributed by atoms with van der Waals surface area (Å²) in [6, 6.07) is 16.3. The molecule has 0 spiro atoms. The number of benzene rings is 2. The van der Waals surface area contributed by atoms with Crippen LogP contribution in [0.2, 0.25) is 5.02 Å². The van der Waals surface area contributed by atoms with Crippen molar-refractivity contribution in [2.45, 2.75) is 23.8 Å². The van der Waals surface area contributed by atoms with Crippen LogP contribution in [0.4, 0.5) is 0 Å². The number of esters is 1. The number of amides is 1. The molecule has 0 radical (unpaired) electrons. The molecular weight excluding hydrogens is 346 g/mol. The van der Waals surface area contributed by atoms with Crippen molar-refractivity contribution < 1.29 is 14.3 Å². The summed E-state index contributed by atoms with van der Waals surface area (Å²) in [6.07, 6.45) is -0.161. The number of hydrogen-bond acceptors (Lipinski definition) is 4. The van der Waals surface area contributed by atoms with Crippen molar-refractivity contribution in [2.75, 3.05) is 5.75 Å². The smallest absolute Gasteiger partial charge is 0.306 e. The van der Waals surface area contributed by atoms with Gasteiger partial charge in [0.1, 0.15) is 0 Å². The normalized spacial score (nSPS) is 11.7. The highest BCUT2D eigenvalue weighted by atomic mass is 35.5. The average molecular weight is 364 g/mol. The van der Waals surface area contributed by atoms with Gasteiger partial charge in [-0.2, -0.15) is 0 Å². The first kappa shape index (κ1) is 18.4. The van der Waals surface area contributed by atoms with E-state index in [1.54, 1.807) is 36.0 Å². The van der Waals surface area contributed by atoms with E-state index in [-0.39, 0.29) is 6.42 Å². The van der Waals surface area contributed by atoms with Crippen LogP contribution in [0.5, 0.6) is 0 Å². The number of hydrogen-bond donors (Lipinski definition) is 1. The lowest BCUT2D eigenvalue weighted by Gasteiger charge is -2.14. The second kappa shape index (κ2) is 9.35. The number of carbonyl (C=O) groups excluding carboxylic acids is 2. The molecule has 0 heterocycles. The molecule has 0 saturated heterocycles. The number of halogens is 1. The number of rotatable bonds is 8. The highest BCUT2D eigenvalue weighted by Crippen LogP contribution is 2.22. The van der Waals surface area contributed by atoms with E-state index < -0.39 is 18.0 Å². The number of carbonyl (C=O) groups is 2. The molecule has 2 aromatic carbocycles. The van der Waals surface area contributed by atoms with Gasteiger partial charge in [-0.3, -0.25) is 9.59 Å². The van der Waals surface area contributed by atoms with Crippen molar-refractivity contribution >= 4 is 35.2 Å². The first-order chi connectivity index (χ1) is 11.6. The Bertz CT molecular complexity index is 676. The minimum atomic E-state index is -1.04. The summed E-state index contributed by atoms with van der Waals surface area (Å²) in [7, 11) is 0. The van der Waals surface area contributed by atoms with Crippen LogP contribution in [0.1, 0.15) is 24.5 Å². The van der Waals surface area contributed by atoms with Crippen LogP contribution < -0.4 is 5.73 Å². The van der Waals surface area contributed by atoms with Gasteiger partial charge in [0, 0.05) is 21.9 Å². The third-order valence-electron chi connectivity index (χ3n) is 3.22. The van der Waals surface area contributed by atoms with Crippen molar-refractivity contribution in [1.82, 2.24) is 0 Å². The molecule has 0 aliphatic carbocycles. The number of nitrogens with two attached hydrogens (primary N) is 1. The fourth-order valence-electron chi connectivity index (χ4n) is 2.05. The Hall–Kier alpha value is -1.98. The second-order valence-corrected chi connectivity index (χ2v) is 6.69. The fourth-order valence-corrected chi connectivity index (χ4v) is 3.02. The lowest BCUT2D eigenvalue weighted by Crippen LogP contribution is -2.26. The fraction of sp³-hybridized carbons (Fsp3) is 0.222. The molecule has 0 aromatic heterocycles. The van der Waals surface area contributed by atoms with E-state index in [9.17, 15) is 9.59 Å². The van der Waals surface area contributed by atoms with Crippen LogP contribution in [0, 0.1) is 0 Å². The first-order valence-electron chi connectivity index (χ1n) is 7.48. The van der Waals surface area contributed by atoms with Crippen LogP contribution in [0.3, 0.4) is 0 Å². The highest BCUT2D eigenvalue weighted by molar-refractivity contribution is 7.99. The molecule has 1 amide bonds. The summed E-state index contributed by atoms with van der Waals surface area (Å²) in [4.78, 5) is 24.5. The predicted octanol–water partition coefficient (Wildman–Crippen LogP) is 3.98. The van der Waals surface area contributed by atoms with E-state index in [1.165, 1.54) is 0 Å². The molecule has 0 fully saturated rings. The molecule has 1 atom stereocenters. The molecule has 6 heteroatoms. The van der Waals surface area contributed by atoms with Gasteiger partial charge in [0.2, 0.25) is 6.10 Å². The van der Waals surface area contributed by atoms with Gasteiger partial charge in [0.05, 0.1) is 0 Å². The molecule has 2 aromatic rings. The van der Waals surface area contributed by atoms with Crippen molar-refractivity contribution in [2.24, 2.45) is 5.73 Å². The summed E-state index contributed by atoms with van der Waals surface area (Å²) >= 11 is 7.47. The van der Waals surface area contributed by atoms with Crippen LogP contribution in [0.25, 0.3) is 0 Å². The first-order valence-corrected chi connectivity index (χ1v) is 8.85. The number of thioether (sulfide) groups is 1. The van der Waals surface area contributed by atoms with Gasteiger partial charge in [0.25, 0.3) is 5.91 Å². The topological polar surface area (TPSA) is 69.4 Å². The van der Waals surface area contributed by atoms with Crippen molar-refractivity contribution in [3.05, 3.63) is 65.2 Å². The Morgan fingerprint density at radius 1 is 1.08 bits per heavy atom. The molecule has 2 rings (SSSR count). The molecule has 0 saturated carbocycles. The van der Waals surface area contributed by atoms with Crippen LogP contribution in [-0.2, 0) is 14.3 Å². The molecule has 0 aliphatic heterocycles. The standard InChI is InChI=1S/C18H18ClNO3S/c19-14-8-10-15(11-9-14)24-12-4-7-16(21)23-17(18(20)22)13-5-2-1-3-6-13/h1-3,5-6,8-11,17H,4,7,12H2,(H2,20,22). The van der Waals surface area contributed by atoms with Crippen LogP contribution >= 0.6 is 23.4 Å². The molecule has 2 N–H and O–H groups in total. The lowest BCUT2D eigenvalue weighted by atomic mass is 10.1. The molecule has 0 bridgehead atoms. The summed E-state index contributed by atoms with van der Waals surface area (Å²) < 4.78 is 5.23. The Kier molecular flexibility index (Phi) is 7.15. The molecule has 24 heavy (non-hydrogen) atoms. The number of ether oxygens (including phenoxy) is 1. The van der Waals surface area contributed by atoms with Crippen molar-refractivity contribution in [1.29, 1.82) is 0 Å². The van der Waals surface area contributed by atoms with Crippen LogP contribution in [0.15, 0.2) is 59.5 Å². The molecule has 126 valence electrons. The third-order valence-corrected chi connectivity index (χ3v) is 4.57. The van der Waals surface area contributed by atoms with Gasteiger partial charge in [-0.1, -0.05) is 41.9 Å². The molecular formula is C18H18ClNO3S. The Balaban J connectivity index is 1.77. The maximum absolute atomic E-state index is 11.9. The lowest BCUT2D eigenvalue weighted by molar-refractivity contribution is -0.155. The summed E-state index contributed by atoms with van der Waals surface area (Å²) in [5.74, 6) is -0.340. The Labute approximate surface area is 150 Å². The second-order valence-electron chi connectivity index (χ2n) is 5.09. The maximum atomic E-state index is 11.9.